The molecule has 1 unspecified atom stereocenters. The van der Waals surface area contributed by atoms with Crippen molar-refractivity contribution in [2.24, 2.45) is 7.05 Å². The maximum Gasteiger partial charge on any atom is 0.256 e. The summed E-state index contributed by atoms with van der Waals surface area (Å²) >= 11 is 0. The Bertz CT molecular complexity index is 2140. The lowest BCUT2D eigenvalue weighted by Crippen LogP contribution is -2.46. The third-order valence-corrected chi connectivity index (χ3v) is 9.63. The predicted octanol–water partition coefficient (Wildman–Crippen LogP) is 5.60. The number of aryl methyl sites for hydroxylation is 2. The number of fused-ring (bicyclic) bond motifs is 1. The van der Waals surface area contributed by atoms with Gasteiger partial charge < -0.3 is 15.5 Å². The van der Waals surface area contributed by atoms with Gasteiger partial charge in [-0.25, -0.2) is 4.98 Å². The summed E-state index contributed by atoms with van der Waals surface area (Å²) in [6, 6.07) is 16.2. The van der Waals surface area contributed by atoms with Crippen LogP contribution in [0.3, 0.4) is 0 Å². The van der Waals surface area contributed by atoms with E-state index in [-0.39, 0.29) is 5.91 Å². The number of carbonyl (C=O) groups excluding carboxylic acids is 1. The number of nitriles is 1. The molecule has 1 saturated heterocycles. The summed E-state index contributed by atoms with van der Waals surface area (Å²) in [6.45, 7) is 14.0. The Balaban J connectivity index is 1.24. The van der Waals surface area contributed by atoms with E-state index in [0.29, 0.717) is 11.3 Å². The van der Waals surface area contributed by atoms with Crippen LogP contribution in [0.5, 0.6) is 0 Å². The van der Waals surface area contributed by atoms with Gasteiger partial charge in [-0.1, -0.05) is 25.0 Å². The number of amides is 1. The number of anilines is 3. The minimum Gasteiger partial charge on any atom is -0.350 e. The van der Waals surface area contributed by atoms with Gasteiger partial charge in [-0.15, -0.1) is 9.24 Å². The number of aromatic nitrogens is 4. The van der Waals surface area contributed by atoms with E-state index < -0.39 is 5.41 Å². The highest BCUT2D eigenvalue weighted by molar-refractivity contribution is 7.27. The first-order chi connectivity index (χ1) is 24.0. The molecule has 0 spiro atoms. The van der Waals surface area contributed by atoms with Crippen molar-refractivity contribution < 1.29 is 4.79 Å². The molecule has 256 valence electrons. The van der Waals surface area contributed by atoms with E-state index >= 15 is 0 Å². The van der Waals surface area contributed by atoms with Crippen molar-refractivity contribution in [3.8, 4) is 17.9 Å². The first-order valence-corrected chi connectivity index (χ1v) is 17.6. The number of rotatable bonds is 9. The van der Waals surface area contributed by atoms with Crippen molar-refractivity contribution >= 4 is 43.2 Å². The molecule has 0 bridgehead atoms. The quantitative estimate of drug-likeness (QED) is 0.154. The van der Waals surface area contributed by atoms with E-state index in [4.69, 9.17) is 0 Å². The molecule has 5 aromatic rings. The van der Waals surface area contributed by atoms with Crippen LogP contribution in [-0.4, -0.2) is 67.6 Å². The number of hydrogen-bond acceptors (Lipinski definition) is 7. The van der Waals surface area contributed by atoms with Gasteiger partial charge in [0, 0.05) is 69.0 Å². The van der Waals surface area contributed by atoms with Gasteiger partial charge >= 0.3 is 0 Å². The van der Waals surface area contributed by atoms with Gasteiger partial charge in [0.2, 0.25) is 0 Å². The molecule has 1 amide bonds. The number of carbonyl (C=O) groups is 1. The molecule has 0 saturated carbocycles. The molecule has 2 N–H and O–H groups in total. The van der Waals surface area contributed by atoms with Crippen LogP contribution in [0, 0.1) is 30.1 Å². The summed E-state index contributed by atoms with van der Waals surface area (Å²) in [5.74, 6) is 6.33. The molecule has 50 heavy (non-hydrogen) atoms. The van der Waals surface area contributed by atoms with Crippen LogP contribution < -0.4 is 15.9 Å². The first kappa shape index (κ1) is 34.9. The molecule has 2 aromatic carbocycles. The van der Waals surface area contributed by atoms with Gasteiger partial charge in [0.1, 0.15) is 5.69 Å². The summed E-state index contributed by atoms with van der Waals surface area (Å²) in [6.07, 6.45) is 8.51. The Kier molecular flexibility index (Phi) is 10.4. The monoisotopic (exact) mass is 685 g/mol. The van der Waals surface area contributed by atoms with Gasteiger partial charge in [-0.05, 0) is 92.0 Å². The van der Waals surface area contributed by atoms with Gasteiger partial charge in [0.15, 0.2) is 5.65 Å². The largest absolute Gasteiger partial charge is 0.350 e. The smallest absolute Gasteiger partial charge is 0.256 e. The van der Waals surface area contributed by atoms with Crippen molar-refractivity contribution in [2.75, 3.05) is 43.4 Å². The molecule has 1 atom stereocenters. The Hall–Kier alpha value is -4.99. The van der Waals surface area contributed by atoms with Gasteiger partial charge in [0.25, 0.3) is 5.91 Å². The second-order valence-electron chi connectivity index (χ2n) is 13.5. The normalized spacial score (nSPS) is 13.9. The molecule has 1 aliphatic rings. The number of benzene rings is 2. The fourth-order valence-electron chi connectivity index (χ4n) is 6.26. The lowest BCUT2D eigenvalue weighted by Gasteiger charge is -2.34. The van der Waals surface area contributed by atoms with Crippen LogP contribution in [-0.2, 0) is 19.0 Å². The number of piperazine rings is 1. The zero-order valence-electron chi connectivity index (χ0n) is 29.4. The van der Waals surface area contributed by atoms with Gasteiger partial charge in [-0.2, -0.15) is 10.4 Å². The van der Waals surface area contributed by atoms with Crippen molar-refractivity contribution in [1.82, 2.24) is 29.0 Å². The number of pyridine rings is 1. The van der Waals surface area contributed by atoms with E-state index in [1.165, 1.54) is 0 Å². The Morgan fingerprint density at radius 2 is 1.82 bits per heavy atom. The first-order valence-electron chi connectivity index (χ1n) is 17.0. The Morgan fingerprint density at radius 3 is 2.54 bits per heavy atom. The molecular weight excluding hydrogens is 641 g/mol. The average molecular weight is 686 g/mol. The zero-order valence-corrected chi connectivity index (χ0v) is 30.6. The van der Waals surface area contributed by atoms with E-state index in [1.54, 1.807) is 17.1 Å². The SMILES string of the molecule is CCCN1CCN(Cc2cc(NC(=O)c3cc(C#Cc4cnc5c(Nc6cnn(C)c6)cccn45)c(C)cc3P)cc(C(C)(C)C#N)c2)CC1. The fourth-order valence-corrected chi connectivity index (χ4v) is 6.72. The Morgan fingerprint density at radius 1 is 1.04 bits per heavy atom. The van der Waals surface area contributed by atoms with Crippen molar-refractivity contribution in [1.29, 1.82) is 5.26 Å². The second-order valence-corrected chi connectivity index (χ2v) is 14.1. The van der Waals surface area contributed by atoms with E-state index in [0.717, 1.165) is 96.0 Å². The molecule has 0 radical (unpaired) electrons. The molecule has 4 heterocycles. The van der Waals surface area contributed by atoms with Crippen molar-refractivity contribution in [2.45, 2.75) is 46.1 Å². The number of hydrogen-bond donors (Lipinski definition) is 2. The van der Waals surface area contributed by atoms with E-state index in [2.05, 4.69) is 70.7 Å². The molecule has 10 nitrogen and oxygen atoms in total. The molecule has 1 aliphatic heterocycles. The number of nitrogens with one attached hydrogen (secondary N) is 2. The summed E-state index contributed by atoms with van der Waals surface area (Å²) in [7, 11) is 4.56. The standard InChI is InChI=1S/C39H44N9OP/c1-6-11-46-13-15-47(16-14-46)24-28-18-30(39(3,4)26-40)21-31(19-28)44-38(49)34-20-29(27(2)17-36(34)50)9-10-33-23-41-37-35(8-7-12-48(33)37)43-32-22-42-45(5)25-32/h7-8,12,17-23,25,43H,6,11,13-16,24,50H2,1-5H3,(H,44,49). The third kappa shape index (κ3) is 7.90. The second kappa shape index (κ2) is 14.9. The van der Waals surface area contributed by atoms with Crippen LogP contribution in [0.1, 0.15) is 65.5 Å². The zero-order chi connectivity index (χ0) is 35.4. The van der Waals surface area contributed by atoms with Crippen LogP contribution >= 0.6 is 9.24 Å². The molecule has 6 rings (SSSR count). The fraction of sp³-hybridized carbons (Fsp3) is 0.333. The maximum atomic E-state index is 13.8. The maximum absolute atomic E-state index is 13.8. The molecule has 0 aliphatic carbocycles. The summed E-state index contributed by atoms with van der Waals surface area (Å²) < 4.78 is 3.68. The Labute approximate surface area is 296 Å². The summed E-state index contributed by atoms with van der Waals surface area (Å²) in [5.41, 5.74) is 7.35. The summed E-state index contributed by atoms with van der Waals surface area (Å²) in [4.78, 5) is 23.4. The summed E-state index contributed by atoms with van der Waals surface area (Å²) in [5, 5.41) is 21.5. The molecule has 11 heteroatoms. The van der Waals surface area contributed by atoms with Crippen LogP contribution in [0.25, 0.3) is 5.65 Å². The topological polar surface area (TPSA) is 107 Å². The highest BCUT2D eigenvalue weighted by Crippen LogP contribution is 2.28. The van der Waals surface area contributed by atoms with E-state index in [9.17, 15) is 10.1 Å². The number of nitrogens with zero attached hydrogens (tertiary/aromatic N) is 7. The van der Waals surface area contributed by atoms with Crippen molar-refractivity contribution in [3.05, 3.63) is 101 Å². The highest BCUT2D eigenvalue weighted by Gasteiger charge is 2.23. The third-order valence-electron chi connectivity index (χ3n) is 9.15. The van der Waals surface area contributed by atoms with Gasteiger partial charge in [-0.3, -0.25) is 18.8 Å². The molecule has 1 fully saturated rings. The van der Waals surface area contributed by atoms with Crippen LogP contribution in [0.15, 0.2) is 67.3 Å². The molecule has 3 aromatic heterocycles. The highest BCUT2D eigenvalue weighted by atomic mass is 31.0. The molecular formula is C39H44N9OP. The average Bonchev–Trinajstić information content (AvgIpc) is 3.71. The minimum atomic E-state index is -0.707. The minimum absolute atomic E-state index is 0.231. The van der Waals surface area contributed by atoms with Gasteiger partial charge in [0.05, 0.1) is 35.3 Å². The van der Waals surface area contributed by atoms with E-state index in [1.807, 2.05) is 81.0 Å². The van der Waals surface area contributed by atoms with Crippen LogP contribution in [0.2, 0.25) is 0 Å². The van der Waals surface area contributed by atoms with Crippen LogP contribution in [0.4, 0.5) is 17.1 Å². The lowest BCUT2D eigenvalue weighted by atomic mass is 9.85. The number of imidazole rings is 1. The predicted molar refractivity (Wildman–Crippen MR) is 203 cm³/mol. The lowest BCUT2D eigenvalue weighted by molar-refractivity contribution is 0.102. The van der Waals surface area contributed by atoms with Crippen molar-refractivity contribution in [3.63, 3.8) is 0 Å².